The third-order valence-electron chi connectivity index (χ3n) is 4.16. The quantitative estimate of drug-likeness (QED) is 0.730. The van der Waals surface area contributed by atoms with Crippen LogP contribution in [0.2, 0.25) is 0 Å². The Morgan fingerprint density at radius 3 is 2.42 bits per heavy atom. The minimum Gasteiger partial charge on any atom is -0.491 e. The van der Waals surface area contributed by atoms with E-state index in [9.17, 15) is 14.3 Å². The van der Waals surface area contributed by atoms with Gasteiger partial charge in [-0.3, -0.25) is 0 Å². The number of halogens is 1. The van der Waals surface area contributed by atoms with E-state index >= 15 is 0 Å². The first-order valence-electron chi connectivity index (χ1n) is 8.70. The molecule has 5 heteroatoms. The number of ether oxygens (including phenoxy) is 1. The Hall–Kier alpha value is -2.40. The Kier molecular flexibility index (Phi) is 6.37. The molecule has 0 radical (unpaired) electrons. The molecule has 0 amide bonds. The molecule has 140 valence electrons. The van der Waals surface area contributed by atoms with E-state index in [0.29, 0.717) is 24.2 Å². The van der Waals surface area contributed by atoms with Gasteiger partial charge in [0.15, 0.2) is 5.60 Å². The number of rotatable bonds is 8. The standard InChI is InChI=1S/C21H25FO4/c1-14(2)26-17-10-11-19(22)18(13-17)16-8-6-15(7-9-16)5-4-12-21(3,25)20(23)24/h6-11,13-14,25H,4-5,12H2,1-3H3,(H,23,24). The highest BCUT2D eigenvalue weighted by Gasteiger charge is 2.28. The van der Waals surface area contributed by atoms with Crippen molar-refractivity contribution in [3.8, 4) is 16.9 Å². The summed E-state index contributed by atoms with van der Waals surface area (Å²) in [5.41, 5.74) is 0.520. The van der Waals surface area contributed by atoms with Gasteiger partial charge in [-0.05, 0) is 69.4 Å². The number of hydrogen-bond donors (Lipinski definition) is 2. The van der Waals surface area contributed by atoms with Crippen LogP contribution in [-0.4, -0.2) is 27.9 Å². The zero-order valence-electron chi connectivity index (χ0n) is 15.3. The van der Waals surface area contributed by atoms with Gasteiger partial charge in [0, 0.05) is 5.56 Å². The van der Waals surface area contributed by atoms with Crippen LogP contribution in [0, 0.1) is 5.82 Å². The lowest BCUT2D eigenvalue weighted by molar-refractivity contribution is -0.157. The van der Waals surface area contributed by atoms with Crippen molar-refractivity contribution in [2.24, 2.45) is 0 Å². The first kappa shape index (κ1) is 19.9. The summed E-state index contributed by atoms with van der Waals surface area (Å²) in [6.07, 6.45) is 1.37. The van der Waals surface area contributed by atoms with Gasteiger partial charge in [-0.1, -0.05) is 24.3 Å². The highest BCUT2D eigenvalue weighted by atomic mass is 19.1. The first-order valence-corrected chi connectivity index (χ1v) is 8.70. The molecule has 2 rings (SSSR count). The molecular weight excluding hydrogens is 335 g/mol. The third-order valence-corrected chi connectivity index (χ3v) is 4.16. The molecule has 0 saturated heterocycles. The lowest BCUT2D eigenvalue weighted by atomic mass is 9.96. The summed E-state index contributed by atoms with van der Waals surface area (Å²) < 4.78 is 19.8. The van der Waals surface area contributed by atoms with Gasteiger partial charge in [0.1, 0.15) is 11.6 Å². The molecule has 0 bridgehead atoms. The molecule has 4 nitrogen and oxygen atoms in total. The third kappa shape index (κ3) is 5.30. The van der Waals surface area contributed by atoms with E-state index in [1.54, 1.807) is 12.1 Å². The second-order valence-electron chi connectivity index (χ2n) is 6.94. The average molecular weight is 360 g/mol. The van der Waals surface area contributed by atoms with E-state index in [2.05, 4.69) is 0 Å². The molecule has 0 spiro atoms. The van der Waals surface area contributed by atoms with E-state index in [4.69, 9.17) is 9.84 Å². The number of hydrogen-bond acceptors (Lipinski definition) is 3. The topological polar surface area (TPSA) is 66.8 Å². The van der Waals surface area contributed by atoms with Crippen LogP contribution in [0.3, 0.4) is 0 Å². The van der Waals surface area contributed by atoms with Crippen molar-refractivity contribution in [3.63, 3.8) is 0 Å². The first-order chi connectivity index (χ1) is 12.2. The molecule has 0 fully saturated rings. The van der Waals surface area contributed by atoms with Crippen molar-refractivity contribution in [1.29, 1.82) is 0 Å². The normalized spacial score (nSPS) is 13.5. The van der Waals surface area contributed by atoms with Crippen LogP contribution in [0.4, 0.5) is 4.39 Å². The molecule has 26 heavy (non-hydrogen) atoms. The smallest absolute Gasteiger partial charge is 0.335 e. The minimum absolute atomic E-state index is 0.0127. The van der Waals surface area contributed by atoms with E-state index in [1.165, 1.54) is 13.0 Å². The highest BCUT2D eigenvalue weighted by molar-refractivity contribution is 5.76. The number of carbonyl (C=O) groups is 1. The van der Waals surface area contributed by atoms with Gasteiger partial charge in [-0.25, -0.2) is 9.18 Å². The largest absolute Gasteiger partial charge is 0.491 e. The number of aliphatic hydroxyl groups is 1. The second-order valence-corrected chi connectivity index (χ2v) is 6.94. The molecule has 0 aliphatic heterocycles. The summed E-state index contributed by atoms with van der Waals surface area (Å²) in [7, 11) is 0. The van der Waals surface area contributed by atoms with Crippen LogP contribution in [0.25, 0.3) is 11.1 Å². The van der Waals surface area contributed by atoms with Crippen LogP contribution in [0.5, 0.6) is 5.75 Å². The highest BCUT2D eigenvalue weighted by Crippen LogP contribution is 2.28. The number of carboxylic acids is 1. The Bertz CT molecular complexity index is 751. The van der Waals surface area contributed by atoms with Crippen molar-refractivity contribution in [2.75, 3.05) is 0 Å². The number of benzene rings is 2. The van der Waals surface area contributed by atoms with E-state index < -0.39 is 11.6 Å². The van der Waals surface area contributed by atoms with Crippen molar-refractivity contribution in [2.45, 2.75) is 51.7 Å². The molecule has 2 aromatic carbocycles. The molecule has 2 N–H and O–H groups in total. The molecular formula is C21H25FO4. The molecule has 0 saturated carbocycles. The zero-order valence-corrected chi connectivity index (χ0v) is 15.3. The molecule has 1 unspecified atom stereocenters. The van der Waals surface area contributed by atoms with E-state index in [0.717, 1.165) is 11.1 Å². The number of aryl methyl sites for hydroxylation is 1. The van der Waals surface area contributed by atoms with Crippen molar-refractivity contribution in [3.05, 3.63) is 53.8 Å². The Morgan fingerprint density at radius 1 is 1.19 bits per heavy atom. The predicted molar refractivity (Wildman–Crippen MR) is 98.8 cm³/mol. The Balaban J connectivity index is 2.06. The van der Waals surface area contributed by atoms with Crippen LogP contribution in [-0.2, 0) is 11.2 Å². The fourth-order valence-electron chi connectivity index (χ4n) is 2.67. The van der Waals surface area contributed by atoms with Crippen LogP contribution >= 0.6 is 0 Å². The van der Waals surface area contributed by atoms with Gasteiger partial charge in [0.05, 0.1) is 6.10 Å². The van der Waals surface area contributed by atoms with Gasteiger partial charge < -0.3 is 14.9 Å². The van der Waals surface area contributed by atoms with Crippen LogP contribution in [0.1, 0.15) is 39.2 Å². The Labute approximate surface area is 153 Å². The molecule has 0 heterocycles. The van der Waals surface area contributed by atoms with Crippen LogP contribution in [0.15, 0.2) is 42.5 Å². The summed E-state index contributed by atoms with van der Waals surface area (Å²) in [5.74, 6) is -0.908. The molecule has 0 aliphatic carbocycles. The number of carboxylic acid groups (broad SMARTS) is 1. The van der Waals surface area contributed by atoms with Gasteiger partial charge in [-0.2, -0.15) is 0 Å². The van der Waals surface area contributed by atoms with Gasteiger partial charge >= 0.3 is 5.97 Å². The van der Waals surface area contributed by atoms with Gasteiger partial charge in [-0.15, -0.1) is 0 Å². The van der Waals surface area contributed by atoms with E-state index in [-0.39, 0.29) is 18.3 Å². The average Bonchev–Trinajstić information content (AvgIpc) is 2.56. The fourth-order valence-corrected chi connectivity index (χ4v) is 2.67. The Morgan fingerprint density at radius 2 is 1.85 bits per heavy atom. The van der Waals surface area contributed by atoms with Crippen molar-refractivity contribution in [1.82, 2.24) is 0 Å². The summed E-state index contributed by atoms with van der Waals surface area (Å²) in [5, 5.41) is 18.6. The van der Waals surface area contributed by atoms with Crippen LogP contribution < -0.4 is 4.74 Å². The maximum absolute atomic E-state index is 14.2. The SMILES string of the molecule is CC(C)Oc1ccc(F)c(-c2ccc(CCCC(C)(O)C(=O)O)cc2)c1. The fraction of sp³-hybridized carbons (Fsp3) is 0.381. The summed E-state index contributed by atoms with van der Waals surface area (Å²) in [6, 6.07) is 12.1. The molecule has 0 aliphatic rings. The van der Waals surface area contributed by atoms with Gasteiger partial charge in [0.25, 0.3) is 0 Å². The number of aliphatic carboxylic acids is 1. The van der Waals surface area contributed by atoms with E-state index in [1.807, 2.05) is 38.1 Å². The summed E-state index contributed by atoms with van der Waals surface area (Å²) in [6.45, 7) is 5.13. The second kappa shape index (κ2) is 8.32. The molecule has 1 atom stereocenters. The maximum atomic E-state index is 14.2. The monoisotopic (exact) mass is 360 g/mol. The lowest BCUT2D eigenvalue weighted by Crippen LogP contribution is -2.34. The summed E-state index contributed by atoms with van der Waals surface area (Å²) in [4.78, 5) is 10.9. The predicted octanol–water partition coefficient (Wildman–Crippen LogP) is 4.44. The molecule has 0 aromatic heterocycles. The molecule has 2 aromatic rings. The van der Waals surface area contributed by atoms with Crippen molar-refractivity contribution >= 4 is 5.97 Å². The van der Waals surface area contributed by atoms with Gasteiger partial charge in [0.2, 0.25) is 0 Å². The maximum Gasteiger partial charge on any atom is 0.335 e. The minimum atomic E-state index is -1.71. The van der Waals surface area contributed by atoms with Crippen molar-refractivity contribution < 1.29 is 24.1 Å². The summed E-state index contributed by atoms with van der Waals surface area (Å²) >= 11 is 0. The lowest BCUT2D eigenvalue weighted by Gasteiger charge is -2.17. The zero-order chi connectivity index (χ0) is 19.3.